The summed E-state index contributed by atoms with van der Waals surface area (Å²) in [5, 5.41) is 18.0. The van der Waals surface area contributed by atoms with E-state index in [2.05, 4.69) is 10.1 Å². The van der Waals surface area contributed by atoms with Crippen LogP contribution in [0.1, 0.15) is 18.4 Å². The van der Waals surface area contributed by atoms with E-state index in [-0.39, 0.29) is 27.4 Å². The van der Waals surface area contributed by atoms with Crippen molar-refractivity contribution in [2.24, 2.45) is 0 Å². The number of nitrogens with zero attached hydrogens (tertiary/aromatic N) is 2. The number of benzene rings is 1. The van der Waals surface area contributed by atoms with Crippen molar-refractivity contribution >= 4 is 45.6 Å². The summed E-state index contributed by atoms with van der Waals surface area (Å²) in [6.45, 7) is 2.21. The lowest BCUT2D eigenvalue weighted by atomic mass is 10.2. The molecule has 0 saturated heterocycles. The fraction of sp³-hybridized carbons (Fsp3) is 0.125. The molecule has 2 aromatic heterocycles. The molecule has 1 N–H and O–H groups in total. The van der Waals surface area contributed by atoms with Gasteiger partial charge in [-0.25, -0.2) is 0 Å². The second-order valence-corrected chi connectivity index (χ2v) is 6.30. The number of ether oxygens (including phenoxy) is 1. The second kappa shape index (κ2) is 7.25. The number of hydrogen-bond donors (Lipinski definition) is 1. The summed E-state index contributed by atoms with van der Waals surface area (Å²) >= 11 is 13.8. The topological polar surface area (TPSA) is 68.4 Å². The maximum Gasteiger partial charge on any atom is 0.269 e. The maximum atomic E-state index is 9.86. The minimum absolute atomic E-state index is 0.107. The van der Waals surface area contributed by atoms with Crippen molar-refractivity contribution in [3.63, 3.8) is 0 Å². The third-order valence-electron chi connectivity index (χ3n) is 3.05. The summed E-state index contributed by atoms with van der Waals surface area (Å²) in [4.78, 5) is 4.26. The number of phenols is 1. The second-order valence-electron chi connectivity index (χ2n) is 4.71. The first-order valence-electron chi connectivity index (χ1n) is 6.97. The molecule has 5 nitrogen and oxygen atoms in total. The molecule has 0 atom stereocenters. The third-order valence-corrected chi connectivity index (χ3v) is 4.30. The summed E-state index contributed by atoms with van der Waals surface area (Å²) in [7, 11) is 0. The van der Waals surface area contributed by atoms with Crippen molar-refractivity contribution in [1.29, 1.82) is 0 Å². The molecule has 0 fully saturated rings. The number of aromatic hydroxyl groups is 1. The summed E-state index contributed by atoms with van der Waals surface area (Å²) in [6.07, 6.45) is 1.61. The Hall–Kier alpha value is -2.02. The average Bonchev–Trinajstić information content (AvgIpc) is 3.23. The highest BCUT2D eigenvalue weighted by Gasteiger charge is 2.13. The predicted molar refractivity (Wildman–Crippen MR) is 95.6 cm³/mol. The molecule has 1 aromatic carbocycles. The Labute approximate surface area is 152 Å². The van der Waals surface area contributed by atoms with Gasteiger partial charge in [0.25, 0.3) is 5.89 Å². The van der Waals surface area contributed by atoms with Crippen LogP contribution in [-0.4, -0.2) is 21.9 Å². The Morgan fingerprint density at radius 2 is 2.29 bits per heavy atom. The van der Waals surface area contributed by atoms with Crippen LogP contribution < -0.4 is 4.74 Å². The Kier molecular flexibility index (Phi) is 5.08. The quantitative estimate of drug-likeness (QED) is 0.648. The van der Waals surface area contributed by atoms with E-state index in [1.807, 2.05) is 23.8 Å². The lowest BCUT2D eigenvalue weighted by Crippen LogP contribution is -1.92. The van der Waals surface area contributed by atoms with Gasteiger partial charge >= 0.3 is 0 Å². The summed E-state index contributed by atoms with van der Waals surface area (Å²) < 4.78 is 10.5. The number of phenolic OH excluding ortho intramolecular Hbond substituents is 1. The van der Waals surface area contributed by atoms with Crippen molar-refractivity contribution < 1.29 is 14.4 Å². The van der Waals surface area contributed by atoms with Crippen molar-refractivity contribution in [2.45, 2.75) is 6.92 Å². The zero-order valence-electron chi connectivity index (χ0n) is 12.5. The molecule has 0 aliphatic rings. The van der Waals surface area contributed by atoms with E-state index in [0.717, 1.165) is 5.56 Å². The summed E-state index contributed by atoms with van der Waals surface area (Å²) in [6, 6.07) is 5.09. The summed E-state index contributed by atoms with van der Waals surface area (Å²) in [5.74, 6) is 0.839. The summed E-state index contributed by atoms with van der Waals surface area (Å²) in [5.41, 5.74) is 1.51. The van der Waals surface area contributed by atoms with Crippen molar-refractivity contribution in [3.05, 3.63) is 45.4 Å². The van der Waals surface area contributed by atoms with Gasteiger partial charge in [0.15, 0.2) is 11.5 Å². The fourth-order valence-corrected chi connectivity index (χ4v) is 3.04. The van der Waals surface area contributed by atoms with E-state index in [9.17, 15) is 5.11 Å². The van der Waals surface area contributed by atoms with Crippen LogP contribution in [0.25, 0.3) is 22.5 Å². The van der Waals surface area contributed by atoms with Crippen LogP contribution in [0.3, 0.4) is 0 Å². The Bertz CT molecular complexity index is 876. The van der Waals surface area contributed by atoms with Gasteiger partial charge in [0.1, 0.15) is 5.03 Å². The maximum absolute atomic E-state index is 9.86. The van der Waals surface area contributed by atoms with E-state index >= 15 is 0 Å². The molecular weight excluding hydrogens is 371 g/mol. The molecule has 0 aliphatic heterocycles. The van der Waals surface area contributed by atoms with Gasteiger partial charge in [-0.05, 0) is 42.1 Å². The van der Waals surface area contributed by atoms with Gasteiger partial charge in [0, 0.05) is 10.9 Å². The van der Waals surface area contributed by atoms with Crippen LogP contribution in [0.2, 0.25) is 5.02 Å². The molecule has 0 saturated carbocycles. The number of aromatic nitrogens is 2. The molecule has 2 heterocycles. The SMILES string of the molecule is CCOc1cc(/C=C(\Cl)c2nc(-c3ccsc3)no2)cc(Cl)c1O. The first kappa shape index (κ1) is 16.8. The average molecular weight is 383 g/mol. The largest absolute Gasteiger partial charge is 0.503 e. The normalized spacial score (nSPS) is 11.7. The number of thiophene rings is 1. The molecule has 124 valence electrons. The molecule has 8 heteroatoms. The third kappa shape index (κ3) is 3.56. The molecule has 0 spiro atoms. The zero-order chi connectivity index (χ0) is 17.1. The molecule has 0 amide bonds. The van der Waals surface area contributed by atoms with Crippen LogP contribution >= 0.6 is 34.5 Å². The standard InChI is InChI=1S/C16H12Cl2N2O3S/c1-2-22-13-7-9(5-11(17)14(13)21)6-12(18)16-19-15(20-23-16)10-3-4-24-8-10/h3-8,21H,2H2,1H3/b12-6-. The molecule has 0 bridgehead atoms. The van der Waals surface area contributed by atoms with Gasteiger partial charge in [-0.1, -0.05) is 28.4 Å². The predicted octanol–water partition coefficient (Wildman–Crippen LogP) is 5.29. The molecule has 0 unspecified atom stereocenters. The molecule has 3 rings (SSSR count). The smallest absolute Gasteiger partial charge is 0.269 e. The van der Waals surface area contributed by atoms with Crippen molar-refractivity contribution in [3.8, 4) is 22.9 Å². The molecule has 3 aromatic rings. The van der Waals surface area contributed by atoms with E-state index in [1.165, 1.54) is 0 Å². The number of hydrogen-bond acceptors (Lipinski definition) is 6. The lowest BCUT2D eigenvalue weighted by Gasteiger charge is -2.08. The minimum Gasteiger partial charge on any atom is -0.503 e. The Morgan fingerprint density at radius 3 is 3.00 bits per heavy atom. The molecule has 0 aliphatic carbocycles. The van der Waals surface area contributed by atoms with Gasteiger partial charge < -0.3 is 14.4 Å². The highest BCUT2D eigenvalue weighted by atomic mass is 35.5. The van der Waals surface area contributed by atoms with Crippen LogP contribution in [0.5, 0.6) is 11.5 Å². The van der Waals surface area contributed by atoms with Gasteiger partial charge in [-0.3, -0.25) is 0 Å². The van der Waals surface area contributed by atoms with Gasteiger partial charge in [-0.15, -0.1) is 0 Å². The first-order chi connectivity index (χ1) is 11.6. The molecule has 0 radical (unpaired) electrons. The Morgan fingerprint density at radius 1 is 1.46 bits per heavy atom. The van der Waals surface area contributed by atoms with Crippen LogP contribution in [0.4, 0.5) is 0 Å². The molecule has 24 heavy (non-hydrogen) atoms. The van der Waals surface area contributed by atoms with Gasteiger partial charge in [-0.2, -0.15) is 16.3 Å². The van der Waals surface area contributed by atoms with E-state index in [4.69, 9.17) is 32.5 Å². The number of rotatable bonds is 5. The van der Waals surface area contributed by atoms with E-state index in [1.54, 1.807) is 29.5 Å². The first-order valence-corrected chi connectivity index (χ1v) is 8.67. The monoisotopic (exact) mass is 382 g/mol. The fourth-order valence-electron chi connectivity index (χ4n) is 1.98. The van der Waals surface area contributed by atoms with E-state index in [0.29, 0.717) is 18.0 Å². The van der Waals surface area contributed by atoms with Gasteiger partial charge in [0.05, 0.1) is 11.6 Å². The van der Waals surface area contributed by atoms with Crippen LogP contribution in [0.15, 0.2) is 33.5 Å². The van der Waals surface area contributed by atoms with Crippen LogP contribution in [0, 0.1) is 0 Å². The van der Waals surface area contributed by atoms with Crippen molar-refractivity contribution in [1.82, 2.24) is 10.1 Å². The highest BCUT2D eigenvalue weighted by Crippen LogP contribution is 2.36. The minimum atomic E-state index is -0.107. The zero-order valence-corrected chi connectivity index (χ0v) is 14.8. The molecular formula is C16H12Cl2N2O3S. The van der Waals surface area contributed by atoms with E-state index < -0.39 is 0 Å². The Balaban J connectivity index is 1.91. The van der Waals surface area contributed by atoms with Crippen LogP contribution in [-0.2, 0) is 0 Å². The highest BCUT2D eigenvalue weighted by molar-refractivity contribution is 7.08. The van der Waals surface area contributed by atoms with Gasteiger partial charge in [0.2, 0.25) is 5.82 Å². The number of halogens is 2. The lowest BCUT2D eigenvalue weighted by molar-refractivity contribution is 0.318. The van der Waals surface area contributed by atoms with Crippen molar-refractivity contribution in [2.75, 3.05) is 6.61 Å².